The second kappa shape index (κ2) is 5.81. The molecular formula is C11H13BrO2. The van der Waals surface area contributed by atoms with Crippen LogP contribution in [-0.2, 0) is 4.79 Å². The zero-order chi connectivity index (χ0) is 10.4. The summed E-state index contributed by atoms with van der Waals surface area (Å²) in [5, 5.41) is 6.89. The fourth-order valence-electron chi connectivity index (χ4n) is 1.50. The van der Waals surface area contributed by atoms with Gasteiger partial charge in [-0.05, 0) is 36.5 Å². The molecule has 0 atom stereocenters. The predicted octanol–water partition coefficient (Wildman–Crippen LogP) is 3.42. The Bertz CT molecular complexity index is 295. The molecule has 3 heteroatoms. The lowest BCUT2D eigenvalue weighted by molar-refractivity contribution is -0.122. The van der Waals surface area contributed by atoms with Crippen molar-refractivity contribution in [2.24, 2.45) is 0 Å². The van der Waals surface area contributed by atoms with E-state index in [0.29, 0.717) is 0 Å². The third-order valence-corrected chi connectivity index (χ3v) is 2.92. The normalized spacial score (nSPS) is 14.9. The van der Waals surface area contributed by atoms with E-state index in [1.165, 1.54) is 29.3 Å². The van der Waals surface area contributed by atoms with Gasteiger partial charge in [-0.3, -0.25) is 4.79 Å². The van der Waals surface area contributed by atoms with Crippen molar-refractivity contribution in [1.82, 2.24) is 0 Å². The number of benzene rings is 1. The lowest BCUT2D eigenvalue weighted by atomic mass is 9.80. The molecule has 1 aliphatic rings. The van der Waals surface area contributed by atoms with Gasteiger partial charge < -0.3 is 5.11 Å². The predicted molar refractivity (Wildman–Crippen MR) is 59.4 cm³/mol. The Morgan fingerprint density at radius 2 is 2.07 bits per heavy atom. The summed E-state index contributed by atoms with van der Waals surface area (Å²) < 4.78 is 1.21. The van der Waals surface area contributed by atoms with Crippen molar-refractivity contribution in [2.45, 2.75) is 25.2 Å². The van der Waals surface area contributed by atoms with Crippen LogP contribution in [0.3, 0.4) is 0 Å². The third kappa shape index (κ3) is 3.14. The van der Waals surface area contributed by atoms with Gasteiger partial charge in [0.25, 0.3) is 6.47 Å². The van der Waals surface area contributed by atoms with Crippen molar-refractivity contribution in [1.29, 1.82) is 0 Å². The molecule has 0 aliphatic heterocycles. The molecule has 0 heterocycles. The molecule has 0 spiro atoms. The lowest BCUT2D eigenvalue weighted by Gasteiger charge is -2.25. The maximum Gasteiger partial charge on any atom is 0.290 e. The first kappa shape index (κ1) is 11.2. The number of carbonyl (C=O) groups is 1. The van der Waals surface area contributed by atoms with Crippen LogP contribution in [0.4, 0.5) is 0 Å². The number of carboxylic acid groups (broad SMARTS) is 1. The fourth-order valence-corrected chi connectivity index (χ4v) is 1.92. The number of hydrogen-bond donors (Lipinski definition) is 1. The number of rotatable bonds is 1. The molecule has 2 nitrogen and oxygen atoms in total. The van der Waals surface area contributed by atoms with Gasteiger partial charge in [-0.15, -0.1) is 0 Å². The molecule has 1 N–H and O–H groups in total. The van der Waals surface area contributed by atoms with Gasteiger partial charge in [0, 0.05) is 4.47 Å². The van der Waals surface area contributed by atoms with Crippen LogP contribution in [0.2, 0.25) is 0 Å². The maximum atomic E-state index is 8.36. The van der Waals surface area contributed by atoms with Gasteiger partial charge >= 0.3 is 0 Å². The second-order valence-corrected chi connectivity index (χ2v) is 4.20. The van der Waals surface area contributed by atoms with Gasteiger partial charge in [-0.2, -0.15) is 0 Å². The van der Waals surface area contributed by atoms with E-state index in [9.17, 15) is 0 Å². The molecule has 1 aromatic carbocycles. The molecule has 1 aliphatic carbocycles. The van der Waals surface area contributed by atoms with Gasteiger partial charge in [0.2, 0.25) is 0 Å². The van der Waals surface area contributed by atoms with Crippen LogP contribution in [0.5, 0.6) is 0 Å². The molecule has 1 fully saturated rings. The highest BCUT2D eigenvalue weighted by molar-refractivity contribution is 9.10. The van der Waals surface area contributed by atoms with Gasteiger partial charge in [-0.25, -0.2) is 0 Å². The van der Waals surface area contributed by atoms with E-state index in [2.05, 4.69) is 40.2 Å². The largest absolute Gasteiger partial charge is 0.483 e. The van der Waals surface area contributed by atoms with E-state index < -0.39 is 0 Å². The first-order valence-corrected chi connectivity index (χ1v) is 5.40. The molecule has 0 saturated heterocycles. The smallest absolute Gasteiger partial charge is 0.290 e. The lowest BCUT2D eigenvalue weighted by Crippen LogP contribution is -2.08. The van der Waals surface area contributed by atoms with E-state index in [4.69, 9.17) is 9.90 Å². The first-order valence-electron chi connectivity index (χ1n) is 4.61. The Labute approximate surface area is 92.1 Å². The Morgan fingerprint density at radius 1 is 1.43 bits per heavy atom. The number of halogens is 1. The minimum Gasteiger partial charge on any atom is -0.483 e. The van der Waals surface area contributed by atoms with Crippen LogP contribution in [0.25, 0.3) is 0 Å². The first-order chi connectivity index (χ1) is 6.77. The van der Waals surface area contributed by atoms with Crippen LogP contribution >= 0.6 is 15.9 Å². The molecule has 0 radical (unpaired) electrons. The van der Waals surface area contributed by atoms with Gasteiger partial charge in [0.15, 0.2) is 0 Å². The van der Waals surface area contributed by atoms with E-state index in [1.807, 2.05) is 0 Å². The van der Waals surface area contributed by atoms with Crippen molar-refractivity contribution in [3.05, 3.63) is 34.3 Å². The summed E-state index contributed by atoms with van der Waals surface area (Å²) >= 11 is 3.48. The zero-order valence-electron chi connectivity index (χ0n) is 7.82. The summed E-state index contributed by atoms with van der Waals surface area (Å²) in [5.74, 6) is 0.854. The summed E-state index contributed by atoms with van der Waals surface area (Å²) in [7, 11) is 0. The van der Waals surface area contributed by atoms with Crippen molar-refractivity contribution in [3.63, 3.8) is 0 Å². The molecule has 1 saturated carbocycles. The van der Waals surface area contributed by atoms with Gasteiger partial charge in [-0.1, -0.05) is 34.5 Å². The highest BCUT2D eigenvalue weighted by atomic mass is 79.9. The minimum atomic E-state index is -0.250. The van der Waals surface area contributed by atoms with Crippen LogP contribution in [-0.4, -0.2) is 11.6 Å². The molecule has 0 unspecified atom stereocenters. The third-order valence-electron chi connectivity index (χ3n) is 2.43. The quantitative estimate of drug-likeness (QED) is 0.782. The molecule has 76 valence electrons. The average molecular weight is 257 g/mol. The summed E-state index contributed by atoms with van der Waals surface area (Å²) in [6.45, 7) is -0.250. The van der Waals surface area contributed by atoms with E-state index in [1.54, 1.807) is 0 Å². The van der Waals surface area contributed by atoms with Crippen molar-refractivity contribution >= 4 is 22.4 Å². The topological polar surface area (TPSA) is 37.3 Å². The highest BCUT2D eigenvalue weighted by Gasteiger charge is 2.18. The van der Waals surface area contributed by atoms with Crippen LogP contribution in [0.15, 0.2) is 28.7 Å². The Balaban J connectivity index is 0.000000293. The average Bonchev–Trinajstić information content (AvgIpc) is 2.02. The SMILES string of the molecule is Brc1cccc(C2CCC2)c1.O=CO. The maximum absolute atomic E-state index is 8.36. The molecule has 2 rings (SSSR count). The minimum absolute atomic E-state index is 0.250. The Morgan fingerprint density at radius 3 is 2.50 bits per heavy atom. The van der Waals surface area contributed by atoms with Crippen molar-refractivity contribution in [2.75, 3.05) is 0 Å². The standard InChI is InChI=1S/C10H11Br.CH2O2/c11-10-6-2-5-9(7-10)8-3-1-4-8;2-1-3/h2,5-8H,1,3-4H2;1H,(H,2,3). The molecule has 1 aromatic rings. The van der Waals surface area contributed by atoms with Crippen LogP contribution < -0.4 is 0 Å². The Hall–Kier alpha value is -0.830. The van der Waals surface area contributed by atoms with Gasteiger partial charge in [0.05, 0.1) is 0 Å². The molecule has 0 bridgehead atoms. The second-order valence-electron chi connectivity index (χ2n) is 3.29. The van der Waals surface area contributed by atoms with Crippen molar-refractivity contribution in [3.8, 4) is 0 Å². The monoisotopic (exact) mass is 256 g/mol. The zero-order valence-corrected chi connectivity index (χ0v) is 9.40. The van der Waals surface area contributed by atoms with Crippen LogP contribution in [0, 0.1) is 0 Å². The summed E-state index contributed by atoms with van der Waals surface area (Å²) in [6, 6.07) is 8.68. The summed E-state index contributed by atoms with van der Waals surface area (Å²) in [6.07, 6.45) is 4.18. The molecular weight excluding hydrogens is 244 g/mol. The molecule has 14 heavy (non-hydrogen) atoms. The summed E-state index contributed by atoms with van der Waals surface area (Å²) in [5.41, 5.74) is 1.51. The summed E-state index contributed by atoms with van der Waals surface area (Å²) in [4.78, 5) is 8.36. The fraction of sp³-hybridized carbons (Fsp3) is 0.364. The Kier molecular flexibility index (Phi) is 4.66. The molecule has 0 aromatic heterocycles. The number of hydrogen-bond acceptors (Lipinski definition) is 1. The van der Waals surface area contributed by atoms with Crippen molar-refractivity contribution < 1.29 is 9.90 Å². The highest BCUT2D eigenvalue weighted by Crippen LogP contribution is 2.36. The van der Waals surface area contributed by atoms with E-state index >= 15 is 0 Å². The van der Waals surface area contributed by atoms with Crippen LogP contribution in [0.1, 0.15) is 30.7 Å². The van der Waals surface area contributed by atoms with E-state index in [-0.39, 0.29) is 6.47 Å². The van der Waals surface area contributed by atoms with Gasteiger partial charge in [0.1, 0.15) is 0 Å². The van der Waals surface area contributed by atoms with E-state index in [0.717, 1.165) is 5.92 Å². The molecule has 0 amide bonds.